The number of amides is 1. The molecule has 0 unspecified atom stereocenters. The highest BCUT2D eigenvalue weighted by atomic mass is 16.6. The lowest BCUT2D eigenvalue weighted by molar-refractivity contribution is 0.115. The van der Waals surface area contributed by atoms with Crippen molar-refractivity contribution in [1.29, 1.82) is 0 Å². The summed E-state index contributed by atoms with van der Waals surface area (Å²) in [5, 5.41) is 2.75. The number of carbonyl (C=O) groups is 1. The number of ether oxygens (including phenoxy) is 1. The maximum Gasteiger partial charge on any atom is 0.407 e. The molecule has 1 N–H and O–H groups in total. The summed E-state index contributed by atoms with van der Waals surface area (Å²) in [6, 6.07) is 10.4. The predicted octanol–water partition coefficient (Wildman–Crippen LogP) is 2.64. The largest absolute Gasteiger partial charge is 0.447 e. The van der Waals surface area contributed by atoms with E-state index < -0.39 is 0 Å². The third-order valence-electron chi connectivity index (χ3n) is 2.62. The summed E-state index contributed by atoms with van der Waals surface area (Å²) >= 11 is 0. The first kappa shape index (κ1) is 15.5. The number of carbonyl (C=O) groups excluding carboxylic acids is 1. The van der Waals surface area contributed by atoms with E-state index >= 15 is 0 Å². The molecule has 0 aromatic heterocycles. The van der Waals surface area contributed by atoms with Crippen molar-refractivity contribution in [3.8, 4) is 0 Å². The molecule has 4 heteroatoms. The minimum atomic E-state index is -0.333. The Balaban J connectivity index is 2.11. The van der Waals surface area contributed by atoms with E-state index in [1.54, 1.807) is 0 Å². The Bertz CT molecular complexity index is 366. The van der Waals surface area contributed by atoms with Gasteiger partial charge in [0, 0.05) is 13.1 Å². The molecule has 0 saturated heterocycles. The van der Waals surface area contributed by atoms with Crippen molar-refractivity contribution in [2.24, 2.45) is 0 Å². The molecule has 19 heavy (non-hydrogen) atoms. The Kier molecular flexibility index (Phi) is 6.97. The zero-order chi connectivity index (χ0) is 14.1. The van der Waals surface area contributed by atoms with Crippen molar-refractivity contribution in [1.82, 2.24) is 10.2 Å². The molecule has 1 amide bonds. The monoisotopic (exact) mass is 264 g/mol. The smallest absolute Gasteiger partial charge is 0.407 e. The molecule has 106 valence electrons. The molecule has 0 radical (unpaired) electrons. The van der Waals surface area contributed by atoms with Crippen LogP contribution in [0.25, 0.3) is 0 Å². The average Bonchev–Trinajstić information content (AvgIpc) is 2.35. The maximum atomic E-state index is 11.2. The van der Waals surface area contributed by atoms with E-state index in [0.717, 1.165) is 19.5 Å². The lowest BCUT2D eigenvalue weighted by Crippen LogP contribution is -2.30. The van der Waals surface area contributed by atoms with Crippen LogP contribution in [0.15, 0.2) is 30.3 Å². The molecule has 0 aliphatic heterocycles. The van der Waals surface area contributed by atoms with Gasteiger partial charge in [-0.25, -0.2) is 4.79 Å². The molecular weight excluding hydrogens is 240 g/mol. The van der Waals surface area contributed by atoms with E-state index in [1.807, 2.05) is 32.0 Å². The van der Waals surface area contributed by atoms with E-state index in [2.05, 4.69) is 29.4 Å². The second-order valence-corrected chi connectivity index (χ2v) is 4.96. The zero-order valence-electron chi connectivity index (χ0n) is 12.1. The number of benzene rings is 1. The molecule has 0 aliphatic carbocycles. The maximum absolute atomic E-state index is 11.2. The third kappa shape index (κ3) is 7.47. The molecular formula is C15H24N2O2. The zero-order valence-corrected chi connectivity index (χ0v) is 12.1. The number of hydrogen-bond donors (Lipinski definition) is 1. The normalized spacial score (nSPS) is 10.8. The van der Waals surface area contributed by atoms with Gasteiger partial charge in [-0.05, 0) is 39.4 Å². The van der Waals surface area contributed by atoms with Gasteiger partial charge in [-0.1, -0.05) is 30.3 Å². The van der Waals surface area contributed by atoms with E-state index in [1.165, 1.54) is 5.56 Å². The van der Waals surface area contributed by atoms with Gasteiger partial charge in [-0.2, -0.15) is 0 Å². The van der Waals surface area contributed by atoms with Gasteiger partial charge in [-0.15, -0.1) is 0 Å². The van der Waals surface area contributed by atoms with E-state index in [4.69, 9.17) is 4.74 Å². The van der Waals surface area contributed by atoms with Crippen molar-refractivity contribution in [3.63, 3.8) is 0 Å². The fraction of sp³-hybridized carbons (Fsp3) is 0.533. The van der Waals surface area contributed by atoms with Crippen LogP contribution in [0.1, 0.15) is 25.8 Å². The summed E-state index contributed by atoms with van der Waals surface area (Å²) in [4.78, 5) is 13.5. The summed E-state index contributed by atoms with van der Waals surface area (Å²) < 4.78 is 4.99. The van der Waals surface area contributed by atoms with Crippen LogP contribution in [-0.2, 0) is 11.3 Å². The van der Waals surface area contributed by atoms with Crippen LogP contribution >= 0.6 is 0 Å². The fourth-order valence-electron chi connectivity index (χ4n) is 1.77. The summed E-state index contributed by atoms with van der Waals surface area (Å²) in [6.07, 6.45) is 0.512. The number of nitrogens with one attached hydrogen (secondary N) is 1. The molecule has 1 rings (SSSR count). The van der Waals surface area contributed by atoms with E-state index in [9.17, 15) is 4.79 Å². The summed E-state index contributed by atoms with van der Waals surface area (Å²) in [5.74, 6) is 0. The van der Waals surface area contributed by atoms with Crippen LogP contribution in [0.3, 0.4) is 0 Å². The predicted molar refractivity (Wildman–Crippen MR) is 77.0 cm³/mol. The molecule has 0 spiro atoms. The number of rotatable bonds is 7. The van der Waals surface area contributed by atoms with Crippen LogP contribution in [0.2, 0.25) is 0 Å². The highest BCUT2D eigenvalue weighted by Gasteiger charge is 2.04. The molecule has 0 atom stereocenters. The number of alkyl carbamates (subject to hydrolysis) is 1. The molecule has 1 aromatic carbocycles. The highest BCUT2D eigenvalue weighted by Crippen LogP contribution is 2.02. The van der Waals surface area contributed by atoms with Crippen molar-refractivity contribution in [2.45, 2.75) is 32.9 Å². The third-order valence-corrected chi connectivity index (χ3v) is 2.62. The standard InChI is InChI=1S/C15H24N2O2/c1-13(2)19-15(18)16-10-7-11-17(3)12-14-8-5-4-6-9-14/h4-6,8-9,13H,7,10-12H2,1-3H3,(H,16,18). The van der Waals surface area contributed by atoms with Gasteiger partial charge >= 0.3 is 6.09 Å². The topological polar surface area (TPSA) is 41.6 Å². The minimum Gasteiger partial charge on any atom is -0.447 e. The SMILES string of the molecule is CC(C)OC(=O)NCCCN(C)Cc1ccccc1. The van der Waals surface area contributed by atoms with Crippen LogP contribution in [0.4, 0.5) is 4.79 Å². The van der Waals surface area contributed by atoms with Crippen molar-refractivity contribution in [3.05, 3.63) is 35.9 Å². The number of nitrogens with zero attached hydrogens (tertiary/aromatic N) is 1. The van der Waals surface area contributed by atoms with Gasteiger partial charge in [-0.3, -0.25) is 0 Å². The van der Waals surface area contributed by atoms with E-state index in [0.29, 0.717) is 6.54 Å². The Morgan fingerprint density at radius 2 is 2.00 bits per heavy atom. The van der Waals surface area contributed by atoms with Crippen LogP contribution < -0.4 is 5.32 Å². The van der Waals surface area contributed by atoms with Gasteiger partial charge in [0.15, 0.2) is 0 Å². The minimum absolute atomic E-state index is 0.0687. The Labute approximate surface area is 115 Å². The molecule has 0 fully saturated rings. The van der Waals surface area contributed by atoms with Crippen molar-refractivity contribution >= 4 is 6.09 Å². The Morgan fingerprint density at radius 3 is 2.63 bits per heavy atom. The first-order valence-corrected chi connectivity index (χ1v) is 6.75. The molecule has 4 nitrogen and oxygen atoms in total. The van der Waals surface area contributed by atoms with Crippen LogP contribution in [0.5, 0.6) is 0 Å². The lowest BCUT2D eigenvalue weighted by Gasteiger charge is -2.17. The first-order valence-electron chi connectivity index (χ1n) is 6.75. The van der Waals surface area contributed by atoms with Gasteiger partial charge in [0.25, 0.3) is 0 Å². The Morgan fingerprint density at radius 1 is 1.32 bits per heavy atom. The highest BCUT2D eigenvalue weighted by molar-refractivity contribution is 5.67. The first-order chi connectivity index (χ1) is 9.08. The van der Waals surface area contributed by atoms with Gasteiger partial charge in [0.2, 0.25) is 0 Å². The second kappa shape index (κ2) is 8.53. The molecule has 0 heterocycles. The average molecular weight is 264 g/mol. The van der Waals surface area contributed by atoms with Gasteiger partial charge < -0.3 is 15.0 Å². The molecule has 0 saturated carbocycles. The van der Waals surface area contributed by atoms with Crippen molar-refractivity contribution < 1.29 is 9.53 Å². The van der Waals surface area contributed by atoms with E-state index in [-0.39, 0.29) is 12.2 Å². The van der Waals surface area contributed by atoms with Crippen LogP contribution in [-0.4, -0.2) is 37.2 Å². The second-order valence-electron chi connectivity index (χ2n) is 4.96. The van der Waals surface area contributed by atoms with Gasteiger partial charge in [0.05, 0.1) is 6.10 Å². The summed E-state index contributed by atoms with van der Waals surface area (Å²) in [6.45, 7) is 6.19. The quantitative estimate of drug-likeness (QED) is 0.770. The fourth-order valence-corrected chi connectivity index (χ4v) is 1.77. The van der Waals surface area contributed by atoms with Crippen LogP contribution in [0, 0.1) is 0 Å². The lowest BCUT2D eigenvalue weighted by atomic mass is 10.2. The van der Waals surface area contributed by atoms with Gasteiger partial charge in [0.1, 0.15) is 0 Å². The molecule has 0 aliphatic rings. The molecule has 1 aromatic rings. The Hall–Kier alpha value is -1.55. The summed E-state index contributed by atoms with van der Waals surface area (Å²) in [5.41, 5.74) is 1.30. The number of hydrogen-bond acceptors (Lipinski definition) is 3. The molecule has 0 bridgehead atoms. The van der Waals surface area contributed by atoms with Crippen molar-refractivity contribution in [2.75, 3.05) is 20.1 Å². The summed E-state index contributed by atoms with van der Waals surface area (Å²) in [7, 11) is 2.08.